The molecule has 0 radical (unpaired) electrons. The van der Waals surface area contributed by atoms with Crippen molar-refractivity contribution in [1.29, 1.82) is 0 Å². The van der Waals surface area contributed by atoms with Crippen molar-refractivity contribution in [1.82, 2.24) is 14.8 Å². The summed E-state index contributed by atoms with van der Waals surface area (Å²) in [5.41, 5.74) is 0.413. The highest BCUT2D eigenvalue weighted by molar-refractivity contribution is 5.96. The van der Waals surface area contributed by atoms with Gasteiger partial charge in [-0.3, -0.25) is 4.79 Å². The van der Waals surface area contributed by atoms with Crippen LogP contribution >= 0.6 is 0 Å². The van der Waals surface area contributed by atoms with Gasteiger partial charge < -0.3 is 14.7 Å². The van der Waals surface area contributed by atoms with E-state index in [1.165, 1.54) is 19.4 Å². The minimum atomic E-state index is -1.10. The van der Waals surface area contributed by atoms with Gasteiger partial charge in [0.25, 0.3) is 0 Å². The molecule has 0 aliphatic rings. The molecule has 19 heavy (non-hydrogen) atoms. The lowest BCUT2D eigenvalue weighted by atomic mass is 10.2. The van der Waals surface area contributed by atoms with Crippen LogP contribution in [0.2, 0.25) is 0 Å². The fraction of sp³-hybridized carbons (Fsp3) is 0.182. The predicted molar refractivity (Wildman–Crippen MR) is 62.8 cm³/mol. The molecule has 0 fully saturated rings. The number of aliphatic carboxylic acids is 1. The summed E-state index contributed by atoms with van der Waals surface area (Å²) in [5.74, 6) is -1.69. The van der Waals surface area contributed by atoms with Crippen molar-refractivity contribution in [3.8, 4) is 0 Å². The Morgan fingerprint density at radius 3 is 2.89 bits per heavy atom. The van der Waals surface area contributed by atoms with Crippen molar-refractivity contribution in [2.45, 2.75) is 6.54 Å². The number of carbonyl (C=O) groups is 2. The molecule has 0 saturated heterocycles. The maximum atomic E-state index is 11.4. The molecule has 1 N–H and O–H groups in total. The van der Waals surface area contributed by atoms with E-state index in [4.69, 9.17) is 11.7 Å². The van der Waals surface area contributed by atoms with E-state index >= 15 is 0 Å². The lowest BCUT2D eigenvalue weighted by molar-refractivity contribution is -0.137. The van der Waals surface area contributed by atoms with Crippen molar-refractivity contribution in [3.63, 3.8) is 0 Å². The van der Waals surface area contributed by atoms with Crippen LogP contribution in [-0.2, 0) is 16.1 Å². The summed E-state index contributed by atoms with van der Waals surface area (Å²) in [6.45, 7) is 6.60. The van der Waals surface area contributed by atoms with Crippen molar-refractivity contribution in [2.24, 2.45) is 0 Å². The first-order valence-electron chi connectivity index (χ1n) is 5.11. The standard InChI is InChI=1S/C11H8N4O4/c1-12-9-7-3-6(11(18)19-2)4-13-10(7)15(14-9)5-8(16)17/h3-4H,5H2,2H3,(H,16,17). The number of pyridine rings is 1. The Hall–Kier alpha value is -2.95. The third-order valence-electron chi connectivity index (χ3n) is 2.38. The Morgan fingerprint density at radius 1 is 1.58 bits per heavy atom. The minimum absolute atomic E-state index is 0.00509. The summed E-state index contributed by atoms with van der Waals surface area (Å²) < 4.78 is 5.66. The van der Waals surface area contributed by atoms with E-state index < -0.39 is 18.5 Å². The maximum Gasteiger partial charge on any atom is 0.339 e. The largest absolute Gasteiger partial charge is 0.480 e. The number of esters is 1. The van der Waals surface area contributed by atoms with Crippen molar-refractivity contribution >= 4 is 28.8 Å². The molecule has 0 aliphatic heterocycles. The first kappa shape index (κ1) is 12.5. The molecular weight excluding hydrogens is 252 g/mol. The van der Waals surface area contributed by atoms with E-state index in [0.717, 1.165) is 4.68 Å². The van der Waals surface area contributed by atoms with Crippen molar-refractivity contribution < 1.29 is 19.4 Å². The minimum Gasteiger partial charge on any atom is -0.480 e. The van der Waals surface area contributed by atoms with Gasteiger partial charge in [0.15, 0.2) is 12.2 Å². The highest BCUT2D eigenvalue weighted by Gasteiger charge is 2.18. The molecule has 2 aromatic heterocycles. The molecule has 0 atom stereocenters. The average molecular weight is 260 g/mol. The second kappa shape index (κ2) is 4.73. The van der Waals surface area contributed by atoms with E-state index in [9.17, 15) is 9.59 Å². The van der Waals surface area contributed by atoms with Gasteiger partial charge in [-0.25, -0.2) is 9.78 Å². The summed E-state index contributed by atoms with van der Waals surface area (Å²) >= 11 is 0. The van der Waals surface area contributed by atoms with Crippen LogP contribution in [0.25, 0.3) is 15.9 Å². The van der Waals surface area contributed by atoms with E-state index in [-0.39, 0.29) is 17.0 Å². The fourth-order valence-electron chi connectivity index (χ4n) is 1.59. The molecule has 0 spiro atoms. The van der Waals surface area contributed by atoms with Crippen LogP contribution in [0.3, 0.4) is 0 Å². The molecule has 0 aromatic carbocycles. The predicted octanol–water partition coefficient (Wildman–Crippen LogP) is 0.853. The summed E-state index contributed by atoms with van der Waals surface area (Å²) in [4.78, 5) is 29.2. The Labute approximate surface area is 107 Å². The Kier molecular flexibility index (Phi) is 3.12. The number of rotatable bonds is 3. The molecule has 0 saturated carbocycles. The lowest BCUT2D eigenvalue weighted by Gasteiger charge is -1.99. The highest BCUT2D eigenvalue weighted by atomic mass is 16.5. The van der Waals surface area contributed by atoms with Gasteiger partial charge in [-0.15, -0.1) is 0 Å². The Balaban J connectivity index is 2.63. The van der Waals surface area contributed by atoms with Gasteiger partial charge in [-0.1, -0.05) is 6.57 Å². The number of fused-ring (bicyclic) bond motifs is 1. The number of ether oxygens (including phenoxy) is 1. The van der Waals surface area contributed by atoms with Gasteiger partial charge in [-0.2, -0.15) is 4.68 Å². The van der Waals surface area contributed by atoms with Crippen LogP contribution in [-0.4, -0.2) is 38.9 Å². The number of carbonyl (C=O) groups excluding carboxylic acids is 1. The first-order chi connectivity index (χ1) is 9.06. The van der Waals surface area contributed by atoms with Gasteiger partial charge in [0.2, 0.25) is 0 Å². The van der Waals surface area contributed by atoms with E-state index in [1.54, 1.807) is 0 Å². The number of carboxylic acids is 1. The van der Waals surface area contributed by atoms with Gasteiger partial charge >= 0.3 is 17.8 Å². The van der Waals surface area contributed by atoms with Crippen LogP contribution < -0.4 is 0 Å². The van der Waals surface area contributed by atoms with Crippen LogP contribution in [0, 0.1) is 6.57 Å². The van der Waals surface area contributed by atoms with Gasteiger partial charge in [0.05, 0.1) is 12.7 Å². The molecule has 0 aliphatic carbocycles. The van der Waals surface area contributed by atoms with E-state index in [2.05, 4.69) is 19.7 Å². The fourth-order valence-corrected chi connectivity index (χ4v) is 1.59. The molecule has 0 unspecified atom stereocenters. The summed E-state index contributed by atoms with van der Waals surface area (Å²) in [7, 11) is 1.23. The number of methoxy groups -OCH3 is 1. The maximum absolute atomic E-state index is 11.4. The normalized spacial score (nSPS) is 10.1. The monoisotopic (exact) mass is 260 g/mol. The Bertz CT molecular complexity index is 713. The number of nitrogens with zero attached hydrogens (tertiary/aromatic N) is 4. The summed E-state index contributed by atoms with van der Waals surface area (Å²) in [5, 5.41) is 12.9. The van der Waals surface area contributed by atoms with Crippen LogP contribution in [0.4, 0.5) is 5.82 Å². The zero-order chi connectivity index (χ0) is 14.0. The Morgan fingerprint density at radius 2 is 2.32 bits per heavy atom. The van der Waals surface area contributed by atoms with Gasteiger partial charge in [-0.05, 0) is 11.2 Å². The number of hydrogen-bond acceptors (Lipinski definition) is 5. The summed E-state index contributed by atoms with van der Waals surface area (Å²) in [6.07, 6.45) is 1.25. The molecule has 2 rings (SSSR count). The molecule has 0 bridgehead atoms. The summed E-state index contributed by atoms with van der Waals surface area (Å²) in [6, 6.07) is 1.41. The third-order valence-corrected chi connectivity index (χ3v) is 2.38. The topological polar surface area (TPSA) is 98.7 Å². The molecular formula is C11H8N4O4. The molecule has 0 amide bonds. The average Bonchev–Trinajstić information content (AvgIpc) is 2.74. The number of hydrogen-bond donors (Lipinski definition) is 1. The van der Waals surface area contributed by atoms with Crippen LogP contribution in [0.1, 0.15) is 10.4 Å². The molecule has 8 heteroatoms. The van der Waals surface area contributed by atoms with E-state index in [0.29, 0.717) is 5.39 Å². The quantitative estimate of drug-likeness (QED) is 0.649. The van der Waals surface area contributed by atoms with Crippen molar-refractivity contribution in [2.75, 3.05) is 7.11 Å². The smallest absolute Gasteiger partial charge is 0.339 e. The number of carboxylic acid groups (broad SMARTS) is 1. The lowest BCUT2D eigenvalue weighted by Crippen LogP contribution is -2.10. The second-order valence-corrected chi connectivity index (χ2v) is 3.57. The molecule has 2 aromatic rings. The van der Waals surface area contributed by atoms with Gasteiger partial charge in [0.1, 0.15) is 0 Å². The first-order valence-corrected chi connectivity index (χ1v) is 5.11. The zero-order valence-electron chi connectivity index (χ0n) is 9.82. The van der Waals surface area contributed by atoms with Crippen LogP contribution in [0.5, 0.6) is 0 Å². The number of aromatic nitrogens is 3. The molecule has 8 nitrogen and oxygen atoms in total. The van der Waals surface area contributed by atoms with E-state index in [1.807, 2.05) is 0 Å². The van der Waals surface area contributed by atoms with Gasteiger partial charge in [0, 0.05) is 11.6 Å². The zero-order valence-corrected chi connectivity index (χ0v) is 9.82. The second-order valence-electron chi connectivity index (χ2n) is 3.57. The van der Waals surface area contributed by atoms with Crippen molar-refractivity contribution in [3.05, 3.63) is 29.2 Å². The molecule has 2 heterocycles. The highest BCUT2D eigenvalue weighted by Crippen LogP contribution is 2.24. The van der Waals surface area contributed by atoms with Crippen LogP contribution in [0.15, 0.2) is 12.3 Å². The molecule has 96 valence electrons. The SMILES string of the molecule is [C-]#[N+]c1nn(CC(=O)O)c2ncc(C(=O)OC)cc12. The third kappa shape index (κ3) is 2.21.